The van der Waals surface area contributed by atoms with Gasteiger partial charge >= 0.3 is 0 Å². The molecule has 1 aromatic carbocycles. The van der Waals surface area contributed by atoms with Gasteiger partial charge in [-0.1, -0.05) is 17.7 Å². The highest BCUT2D eigenvalue weighted by Gasteiger charge is 2.62. The lowest BCUT2D eigenvalue weighted by Gasteiger charge is -2.39. The van der Waals surface area contributed by atoms with Crippen molar-refractivity contribution in [1.82, 2.24) is 9.62 Å². The van der Waals surface area contributed by atoms with Crippen LogP contribution in [0.4, 0.5) is 0 Å². The van der Waals surface area contributed by atoms with Gasteiger partial charge in [-0.05, 0) is 24.6 Å². The van der Waals surface area contributed by atoms with Crippen LogP contribution in [0.15, 0.2) is 24.3 Å². The normalized spacial score (nSPS) is 35.4. The molecule has 8 heteroatoms. The van der Waals surface area contributed by atoms with Crippen LogP contribution in [0.5, 0.6) is 0 Å². The molecule has 1 amide bonds. The maximum atomic E-state index is 12.7. The average molecular weight is 343 g/mol. The summed E-state index contributed by atoms with van der Waals surface area (Å²) in [5.41, 5.74) is -0.300. The standard InChI is InChI=1S/C14H15ClN2O4S/c15-10-3-1-2-9(4-10)13(18)17-6-11-5-12-14(8-17,21-11)7-16-22(12,19)20/h1-4,11-12,16H,5-8H2/t11-,12+,14-/m0/s1. The van der Waals surface area contributed by atoms with Crippen LogP contribution in [0.25, 0.3) is 0 Å². The van der Waals surface area contributed by atoms with Crippen molar-refractivity contribution in [2.75, 3.05) is 19.6 Å². The van der Waals surface area contributed by atoms with Crippen molar-refractivity contribution in [3.05, 3.63) is 34.9 Å². The molecule has 0 unspecified atom stereocenters. The number of fused-ring (bicyclic) bond motifs is 1. The van der Waals surface area contributed by atoms with E-state index >= 15 is 0 Å². The summed E-state index contributed by atoms with van der Waals surface area (Å²) in [6, 6.07) is 6.78. The van der Waals surface area contributed by atoms with Crippen LogP contribution in [-0.4, -0.2) is 55.8 Å². The third kappa shape index (κ3) is 2.07. The summed E-state index contributed by atoms with van der Waals surface area (Å²) in [7, 11) is -3.34. The molecule has 0 saturated carbocycles. The SMILES string of the molecule is O=C(c1cccc(Cl)c1)N1C[C@@H]2C[C@@H]3[C@](CNS3(=O)=O)(C1)O2. The molecule has 22 heavy (non-hydrogen) atoms. The van der Waals surface area contributed by atoms with Crippen molar-refractivity contribution in [2.24, 2.45) is 0 Å². The maximum absolute atomic E-state index is 12.7. The Morgan fingerprint density at radius 3 is 3.05 bits per heavy atom. The van der Waals surface area contributed by atoms with Crippen LogP contribution in [0.1, 0.15) is 16.8 Å². The molecule has 2 bridgehead atoms. The first-order valence-electron chi connectivity index (χ1n) is 7.11. The summed E-state index contributed by atoms with van der Waals surface area (Å²) >= 11 is 5.94. The van der Waals surface area contributed by atoms with E-state index in [1.54, 1.807) is 29.2 Å². The first-order valence-corrected chi connectivity index (χ1v) is 9.03. The van der Waals surface area contributed by atoms with Crippen LogP contribution < -0.4 is 4.72 Å². The molecule has 1 N–H and O–H groups in total. The predicted octanol–water partition coefficient (Wildman–Crippen LogP) is 0.625. The predicted molar refractivity (Wildman–Crippen MR) is 80.3 cm³/mol. The number of morpholine rings is 1. The molecule has 0 aliphatic carbocycles. The van der Waals surface area contributed by atoms with E-state index in [0.717, 1.165) is 0 Å². The van der Waals surface area contributed by atoms with Gasteiger partial charge in [-0.25, -0.2) is 13.1 Å². The molecule has 3 aliphatic heterocycles. The largest absolute Gasteiger partial charge is 0.365 e. The molecule has 3 fully saturated rings. The van der Waals surface area contributed by atoms with Gasteiger partial charge in [-0.3, -0.25) is 4.79 Å². The molecular formula is C14H15ClN2O4S. The number of carbonyl (C=O) groups excluding carboxylic acids is 1. The van der Waals surface area contributed by atoms with E-state index in [1.807, 2.05) is 0 Å². The van der Waals surface area contributed by atoms with Gasteiger partial charge < -0.3 is 9.64 Å². The molecule has 3 saturated heterocycles. The molecular weight excluding hydrogens is 328 g/mol. The van der Waals surface area contributed by atoms with Crippen molar-refractivity contribution in [1.29, 1.82) is 0 Å². The Morgan fingerprint density at radius 1 is 1.45 bits per heavy atom. The number of benzene rings is 1. The maximum Gasteiger partial charge on any atom is 0.254 e. The van der Waals surface area contributed by atoms with Crippen molar-refractivity contribution < 1.29 is 17.9 Å². The van der Waals surface area contributed by atoms with Gasteiger partial charge in [0, 0.05) is 23.7 Å². The second kappa shape index (κ2) is 4.67. The molecule has 3 heterocycles. The number of hydrogen-bond donors (Lipinski definition) is 1. The lowest BCUT2D eigenvalue weighted by molar-refractivity contribution is -0.0906. The molecule has 1 aromatic rings. The second-order valence-electron chi connectivity index (χ2n) is 6.09. The number of ether oxygens (including phenoxy) is 1. The third-order valence-corrected chi connectivity index (χ3v) is 6.81. The number of rotatable bonds is 1. The molecule has 118 valence electrons. The molecule has 3 atom stereocenters. The topological polar surface area (TPSA) is 75.7 Å². The number of likely N-dealkylation sites (tertiary alicyclic amines) is 1. The van der Waals surface area contributed by atoms with Gasteiger partial charge in [-0.2, -0.15) is 0 Å². The Kier molecular flexibility index (Phi) is 3.07. The first-order chi connectivity index (χ1) is 10.4. The van der Waals surface area contributed by atoms with Crippen molar-refractivity contribution in [3.8, 4) is 0 Å². The van der Waals surface area contributed by atoms with Crippen LogP contribution >= 0.6 is 11.6 Å². The number of nitrogens with zero attached hydrogens (tertiary/aromatic N) is 1. The smallest absolute Gasteiger partial charge is 0.254 e. The summed E-state index contributed by atoms with van der Waals surface area (Å²) in [5, 5.41) is -0.0645. The van der Waals surface area contributed by atoms with Crippen LogP contribution in [0.3, 0.4) is 0 Å². The zero-order valence-corrected chi connectivity index (χ0v) is 13.2. The Balaban J connectivity index is 1.63. The summed E-state index contributed by atoms with van der Waals surface area (Å²) in [6.45, 7) is 0.931. The molecule has 0 aromatic heterocycles. The first kappa shape index (κ1) is 14.4. The monoisotopic (exact) mass is 342 g/mol. The Bertz CT molecular complexity index is 753. The number of carbonyl (C=O) groups is 1. The van der Waals surface area contributed by atoms with E-state index in [0.29, 0.717) is 23.6 Å². The van der Waals surface area contributed by atoms with Crippen molar-refractivity contribution in [2.45, 2.75) is 23.4 Å². The third-order valence-electron chi connectivity index (χ3n) is 4.65. The molecule has 6 nitrogen and oxygen atoms in total. The minimum Gasteiger partial charge on any atom is -0.365 e. The number of hydrogen-bond acceptors (Lipinski definition) is 4. The summed E-state index contributed by atoms with van der Waals surface area (Å²) in [6.07, 6.45) is 0.216. The highest BCUT2D eigenvalue weighted by Crippen LogP contribution is 2.43. The van der Waals surface area contributed by atoms with Crippen LogP contribution in [0, 0.1) is 0 Å². The minimum atomic E-state index is -3.34. The van der Waals surface area contributed by atoms with E-state index in [4.69, 9.17) is 16.3 Å². The van der Waals surface area contributed by atoms with E-state index in [-0.39, 0.29) is 25.1 Å². The number of amides is 1. The highest BCUT2D eigenvalue weighted by atomic mass is 35.5. The van der Waals surface area contributed by atoms with Gasteiger partial charge in [0.1, 0.15) is 10.9 Å². The summed E-state index contributed by atoms with van der Waals surface area (Å²) in [5.74, 6) is -0.139. The Labute approximate surface area is 133 Å². The van der Waals surface area contributed by atoms with Gasteiger partial charge in [0.25, 0.3) is 5.91 Å². The second-order valence-corrected chi connectivity index (χ2v) is 8.48. The van der Waals surface area contributed by atoms with E-state index in [9.17, 15) is 13.2 Å². The van der Waals surface area contributed by atoms with Gasteiger partial charge in [0.15, 0.2) is 0 Å². The van der Waals surface area contributed by atoms with E-state index in [1.165, 1.54) is 0 Å². The Hall–Kier alpha value is -1.15. The molecule has 1 spiro atoms. The fourth-order valence-corrected chi connectivity index (χ4v) is 5.78. The Morgan fingerprint density at radius 2 is 2.27 bits per heavy atom. The van der Waals surface area contributed by atoms with Crippen LogP contribution in [-0.2, 0) is 14.8 Å². The number of sulfonamides is 1. The lowest BCUT2D eigenvalue weighted by Crippen LogP contribution is -2.56. The molecule has 4 rings (SSSR count). The van der Waals surface area contributed by atoms with Gasteiger partial charge in [-0.15, -0.1) is 0 Å². The minimum absolute atomic E-state index is 0.139. The fraction of sp³-hybridized carbons (Fsp3) is 0.500. The lowest BCUT2D eigenvalue weighted by atomic mass is 9.99. The molecule has 3 aliphatic rings. The number of nitrogens with one attached hydrogen (secondary N) is 1. The summed E-state index contributed by atoms with van der Waals surface area (Å²) in [4.78, 5) is 14.3. The summed E-state index contributed by atoms with van der Waals surface area (Å²) < 4.78 is 32.6. The zero-order valence-electron chi connectivity index (χ0n) is 11.7. The molecule has 0 radical (unpaired) electrons. The van der Waals surface area contributed by atoms with Crippen LogP contribution in [0.2, 0.25) is 5.02 Å². The van der Waals surface area contributed by atoms with Gasteiger partial charge in [0.05, 0.1) is 12.6 Å². The van der Waals surface area contributed by atoms with Crippen molar-refractivity contribution in [3.63, 3.8) is 0 Å². The van der Waals surface area contributed by atoms with Crippen molar-refractivity contribution >= 4 is 27.5 Å². The quantitative estimate of drug-likeness (QED) is 0.812. The van der Waals surface area contributed by atoms with E-state index < -0.39 is 20.9 Å². The highest BCUT2D eigenvalue weighted by molar-refractivity contribution is 7.90. The van der Waals surface area contributed by atoms with E-state index in [2.05, 4.69) is 4.72 Å². The average Bonchev–Trinajstić information content (AvgIpc) is 2.88. The fourth-order valence-electron chi connectivity index (χ4n) is 3.70. The zero-order chi connectivity index (χ0) is 15.5. The number of halogens is 1. The van der Waals surface area contributed by atoms with Gasteiger partial charge in [0.2, 0.25) is 10.0 Å².